The molecule has 2 aliphatic heterocycles. The minimum Gasteiger partial charge on any atom is -0.380 e. The van der Waals surface area contributed by atoms with E-state index in [0.29, 0.717) is 6.04 Å². The van der Waals surface area contributed by atoms with Gasteiger partial charge in [-0.3, -0.25) is 4.90 Å². The largest absolute Gasteiger partial charge is 0.380 e. The van der Waals surface area contributed by atoms with Crippen molar-refractivity contribution in [3.63, 3.8) is 0 Å². The van der Waals surface area contributed by atoms with E-state index in [1.807, 2.05) is 0 Å². The van der Waals surface area contributed by atoms with E-state index in [0.717, 1.165) is 31.3 Å². The zero-order valence-corrected chi connectivity index (χ0v) is 12.3. The first-order chi connectivity index (χ1) is 8.76. The Morgan fingerprint density at radius 2 is 1.89 bits per heavy atom. The van der Waals surface area contributed by atoms with Crippen LogP contribution in [0.15, 0.2) is 0 Å². The number of piperidine rings is 1. The Morgan fingerprint density at radius 1 is 1.22 bits per heavy atom. The molecule has 2 rings (SSSR count). The van der Waals surface area contributed by atoms with Gasteiger partial charge in [0.2, 0.25) is 0 Å². The number of rotatable bonds is 7. The quantitative estimate of drug-likeness (QED) is 0.755. The monoisotopic (exact) mass is 254 g/mol. The molecule has 2 bridgehead atoms. The van der Waals surface area contributed by atoms with Gasteiger partial charge in [-0.25, -0.2) is 0 Å². The van der Waals surface area contributed by atoms with Gasteiger partial charge in [-0.2, -0.15) is 0 Å². The Morgan fingerprint density at radius 3 is 2.44 bits per heavy atom. The first-order valence-corrected chi connectivity index (χ1v) is 7.84. The summed E-state index contributed by atoms with van der Waals surface area (Å²) in [5.74, 6) is 0. The van der Waals surface area contributed by atoms with Crippen LogP contribution in [-0.2, 0) is 4.74 Å². The smallest absolute Gasteiger partial charge is 0.0619 e. The van der Waals surface area contributed by atoms with Gasteiger partial charge in [-0.15, -0.1) is 0 Å². The summed E-state index contributed by atoms with van der Waals surface area (Å²) in [7, 11) is 0. The SMILES string of the molecule is CCCNC1CC2CCC(C1)N2C(C)COCC. The van der Waals surface area contributed by atoms with E-state index in [9.17, 15) is 0 Å². The van der Waals surface area contributed by atoms with Crippen LogP contribution < -0.4 is 5.32 Å². The second-order valence-electron chi connectivity index (χ2n) is 5.96. The second-order valence-corrected chi connectivity index (χ2v) is 5.96. The van der Waals surface area contributed by atoms with E-state index in [-0.39, 0.29) is 0 Å². The molecule has 3 atom stereocenters. The van der Waals surface area contributed by atoms with E-state index >= 15 is 0 Å². The van der Waals surface area contributed by atoms with Crippen LogP contribution in [0, 0.1) is 0 Å². The van der Waals surface area contributed by atoms with E-state index in [1.54, 1.807) is 0 Å². The lowest BCUT2D eigenvalue weighted by atomic mass is 9.95. The molecule has 2 fully saturated rings. The average molecular weight is 254 g/mol. The lowest BCUT2D eigenvalue weighted by Gasteiger charge is -2.42. The summed E-state index contributed by atoms with van der Waals surface area (Å²) < 4.78 is 5.61. The van der Waals surface area contributed by atoms with E-state index in [1.165, 1.54) is 38.6 Å². The average Bonchev–Trinajstić information content (AvgIpc) is 2.65. The maximum Gasteiger partial charge on any atom is 0.0619 e. The topological polar surface area (TPSA) is 24.5 Å². The second kappa shape index (κ2) is 6.88. The van der Waals surface area contributed by atoms with Crippen molar-refractivity contribution in [2.45, 2.75) is 77.0 Å². The van der Waals surface area contributed by atoms with Crippen molar-refractivity contribution in [3.05, 3.63) is 0 Å². The molecular weight excluding hydrogens is 224 g/mol. The Balaban J connectivity index is 1.85. The van der Waals surface area contributed by atoms with Crippen molar-refractivity contribution < 1.29 is 4.74 Å². The molecule has 3 nitrogen and oxygen atoms in total. The van der Waals surface area contributed by atoms with Crippen molar-refractivity contribution >= 4 is 0 Å². The number of nitrogens with zero attached hydrogens (tertiary/aromatic N) is 1. The van der Waals surface area contributed by atoms with Gasteiger partial charge in [0.1, 0.15) is 0 Å². The highest BCUT2D eigenvalue weighted by atomic mass is 16.5. The predicted molar refractivity (Wildman–Crippen MR) is 75.9 cm³/mol. The molecule has 0 aromatic rings. The lowest BCUT2D eigenvalue weighted by Crippen LogP contribution is -2.53. The molecular formula is C15H30N2O. The number of hydrogen-bond donors (Lipinski definition) is 1. The minimum absolute atomic E-state index is 0.592. The fraction of sp³-hybridized carbons (Fsp3) is 1.00. The molecule has 0 spiro atoms. The molecule has 2 heterocycles. The van der Waals surface area contributed by atoms with Crippen LogP contribution in [0.25, 0.3) is 0 Å². The van der Waals surface area contributed by atoms with Crippen LogP contribution in [-0.4, -0.2) is 48.8 Å². The third-order valence-corrected chi connectivity index (χ3v) is 4.54. The summed E-state index contributed by atoms with van der Waals surface area (Å²) in [4.78, 5) is 2.75. The highest BCUT2D eigenvalue weighted by Gasteiger charge is 2.42. The van der Waals surface area contributed by atoms with Crippen molar-refractivity contribution in [3.8, 4) is 0 Å². The molecule has 3 heteroatoms. The maximum absolute atomic E-state index is 5.61. The van der Waals surface area contributed by atoms with Gasteiger partial charge < -0.3 is 10.1 Å². The summed E-state index contributed by atoms with van der Waals surface area (Å²) in [5.41, 5.74) is 0. The van der Waals surface area contributed by atoms with Gasteiger partial charge in [-0.05, 0) is 52.5 Å². The van der Waals surface area contributed by atoms with E-state index in [2.05, 4.69) is 31.0 Å². The van der Waals surface area contributed by atoms with Crippen LogP contribution in [0.4, 0.5) is 0 Å². The Kier molecular flexibility index (Phi) is 5.46. The van der Waals surface area contributed by atoms with Gasteiger partial charge >= 0.3 is 0 Å². The summed E-state index contributed by atoms with van der Waals surface area (Å²) >= 11 is 0. The zero-order valence-electron chi connectivity index (χ0n) is 12.3. The van der Waals surface area contributed by atoms with Gasteiger partial charge in [0.05, 0.1) is 6.61 Å². The van der Waals surface area contributed by atoms with Crippen LogP contribution in [0.1, 0.15) is 52.9 Å². The Bertz CT molecular complexity index is 233. The van der Waals surface area contributed by atoms with E-state index < -0.39 is 0 Å². The van der Waals surface area contributed by atoms with Gasteiger partial charge in [0.25, 0.3) is 0 Å². The molecule has 0 aromatic heterocycles. The first-order valence-electron chi connectivity index (χ1n) is 7.84. The first kappa shape index (κ1) is 14.3. The molecule has 0 aromatic carbocycles. The van der Waals surface area contributed by atoms with Gasteiger partial charge in [-0.1, -0.05) is 6.92 Å². The summed E-state index contributed by atoms with van der Waals surface area (Å²) in [6, 6.07) is 2.95. The molecule has 0 saturated carbocycles. The molecule has 0 radical (unpaired) electrons. The number of hydrogen-bond acceptors (Lipinski definition) is 3. The normalized spacial score (nSPS) is 33.8. The molecule has 1 N–H and O–H groups in total. The van der Waals surface area contributed by atoms with Crippen molar-refractivity contribution in [2.24, 2.45) is 0 Å². The third kappa shape index (κ3) is 3.25. The van der Waals surface area contributed by atoms with Crippen LogP contribution in [0.5, 0.6) is 0 Å². The summed E-state index contributed by atoms with van der Waals surface area (Å²) in [6.07, 6.45) is 6.72. The van der Waals surface area contributed by atoms with Gasteiger partial charge in [0.15, 0.2) is 0 Å². The number of nitrogens with one attached hydrogen (secondary N) is 1. The molecule has 106 valence electrons. The molecule has 0 amide bonds. The molecule has 2 aliphatic rings. The maximum atomic E-state index is 5.61. The molecule has 2 saturated heterocycles. The fourth-order valence-electron chi connectivity index (χ4n) is 3.82. The summed E-state index contributed by atoms with van der Waals surface area (Å²) in [6.45, 7) is 9.59. The van der Waals surface area contributed by atoms with Crippen molar-refractivity contribution in [1.82, 2.24) is 10.2 Å². The van der Waals surface area contributed by atoms with Crippen molar-refractivity contribution in [1.29, 1.82) is 0 Å². The molecule has 3 unspecified atom stereocenters. The molecule has 18 heavy (non-hydrogen) atoms. The Labute approximate surface area is 112 Å². The zero-order chi connectivity index (χ0) is 13.0. The third-order valence-electron chi connectivity index (χ3n) is 4.54. The fourth-order valence-corrected chi connectivity index (χ4v) is 3.82. The Hall–Kier alpha value is -0.120. The summed E-state index contributed by atoms with van der Waals surface area (Å²) in [5, 5.41) is 3.72. The van der Waals surface area contributed by atoms with Gasteiger partial charge in [0, 0.05) is 30.8 Å². The lowest BCUT2D eigenvalue weighted by molar-refractivity contribution is 0.0214. The van der Waals surface area contributed by atoms with Crippen LogP contribution >= 0.6 is 0 Å². The highest BCUT2D eigenvalue weighted by Crippen LogP contribution is 2.37. The van der Waals surface area contributed by atoms with E-state index in [4.69, 9.17) is 4.74 Å². The van der Waals surface area contributed by atoms with Crippen molar-refractivity contribution in [2.75, 3.05) is 19.8 Å². The van der Waals surface area contributed by atoms with Crippen LogP contribution in [0.3, 0.4) is 0 Å². The number of fused-ring (bicyclic) bond motifs is 2. The predicted octanol–water partition coefficient (Wildman–Crippen LogP) is 2.41. The van der Waals surface area contributed by atoms with Crippen LogP contribution in [0.2, 0.25) is 0 Å². The standard InChI is InChI=1S/C15H30N2O/c1-4-8-16-13-9-14-6-7-15(10-13)17(14)12(3)11-18-5-2/h12-16H,4-11H2,1-3H3. The highest BCUT2D eigenvalue weighted by molar-refractivity contribution is 4.99. The number of ether oxygens (including phenoxy) is 1. The molecule has 0 aliphatic carbocycles. The minimum atomic E-state index is 0.592.